The molecule has 0 aliphatic carbocycles. The van der Waals surface area contributed by atoms with Gasteiger partial charge in [-0.05, 0) is 49.2 Å². The fourth-order valence-electron chi connectivity index (χ4n) is 5.79. The molecule has 0 atom stereocenters. The Morgan fingerprint density at radius 1 is 0.860 bits per heavy atom. The highest BCUT2D eigenvalue weighted by Crippen LogP contribution is 2.30. The number of hydrogen-bond donors (Lipinski definition) is 2. The number of nitrogens with two attached hydrogens (primary N) is 1. The zero-order chi connectivity index (χ0) is 36.8. The van der Waals surface area contributed by atoms with Crippen LogP contribution in [0, 0.1) is 17.0 Å². The van der Waals surface area contributed by atoms with Crippen molar-refractivity contribution in [3.05, 3.63) is 79.8 Å². The molecule has 1 amide bonds. The van der Waals surface area contributed by atoms with Crippen LogP contribution in [0.25, 0.3) is 5.69 Å². The minimum Gasteiger partial charge on any atom is -0.489 e. The van der Waals surface area contributed by atoms with Crippen molar-refractivity contribution in [1.82, 2.24) is 10.1 Å². The van der Waals surface area contributed by atoms with Crippen molar-refractivity contribution >= 4 is 17.8 Å². The van der Waals surface area contributed by atoms with E-state index in [9.17, 15) is 19.7 Å². The molecule has 0 aliphatic rings. The minimum absolute atomic E-state index is 0.0362. The van der Waals surface area contributed by atoms with Crippen LogP contribution in [0.5, 0.6) is 5.75 Å². The van der Waals surface area contributed by atoms with E-state index in [1.165, 1.54) is 108 Å². The van der Waals surface area contributed by atoms with Crippen LogP contribution in [0.15, 0.2) is 51.8 Å². The zero-order valence-corrected chi connectivity index (χ0v) is 31.3. The molecule has 0 spiro atoms. The van der Waals surface area contributed by atoms with E-state index < -0.39 is 15.9 Å². The van der Waals surface area contributed by atoms with Crippen LogP contribution in [-0.2, 0) is 16.8 Å². The van der Waals surface area contributed by atoms with Crippen LogP contribution in [0.3, 0.4) is 0 Å². The number of rotatable bonds is 23. The number of nitrogens with zero attached hydrogens (tertiary/aromatic N) is 2. The second kappa shape index (κ2) is 23.3. The number of carbonyl (C=O) groups excluding carboxylic acids is 1. The molecule has 0 unspecified atom stereocenters. The molecule has 0 fully saturated rings. The monoisotopic (exact) mass is 694 g/mol. The van der Waals surface area contributed by atoms with E-state index in [4.69, 9.17) is 15.0 Å². The quantitative estimate of drug-likeness (QED) is 0.0331. The number of amides is 1. The lowest BCUT2D eigenvalue weighted by Crippen LogP contribution is -2.20. The molecule has 3 rings (SSSR count). The maximum absolute atomic E-state index is 13.1. The molecule has 1 aromatic heterocycles. The maximum atomic E-state index is 13.1. The molecule has 3 N–H and O–H groups in total. The molecular formula is C40H62N4O6. The Bertz CT molecular complexity index is 1460. The van der Waals surface area contributed by atoms with E-state index in [0.29, 0.717) is 28.3 Å². The van der Waals surface area contributed by atoms with Crippen LogP contribution in [0.4, 0.5) is 11.4 Å². The van der Waals surface area contributed by atoms with Gasteiger partial charge in [-0.15, -0.1) is 4.74 Å². The second-order valence-electron chi connectivity index (χ2n) is 14.2. The number of nitro groups is 1. The van der Waals surface area contributed by atoms with Gasteiger partial charge >= 0.3 is 0 Å². The van der Waals surface area contributed by atoms with Crippen molar-refractivity contribution < 1.29 is 19.0 Å². The van der Waals surface area contributed by atoms with Gasteiger partial charge in [0.25, 0.3) is 11.2 Å². The number of nitrogen functional groups attached to an aromatic ring is 1. The van der Waals surface area contributed by atoms with Crippen LogP contribution in [0.2, 0.25) is 0 Å². The lowest BCUT2D eigenvalue weighted by Gasteiger charge is -2.16. The molecular weight excluding hydrogens is 632 g/mol. The first-order chi connectivity index (χ1) is 24.0. The number of ether oxygens (including phenoxy) is 1. The summed E-state index contributed by atoms with van der Waals surface area (Å²) in [5, 5.41) is 14.2. The van der Waals surface area contributed by atoms with Crippen molar-refractivity contribution in [3.63, 3.8) is 0 Å². The number of nitro benzene ring substituents is 1. The third kappa shape index (κ3) is 15.6. The van der Waals surface area contributed by atoms with Crippen molar-refractivity contribution in [1.29, 1.82) is 0 Å². The summed E-state index contributed by atoms with van der Waals surface area (Å²) in [6.45, 7) is 10.5. The Morgan fingerprint density at radius 3 is 1.86 bits per heavy atom. The third-order valence-corrected chi connectivity index (χ3v) is 8.65. The molecule has 0 saturated carbocycles. The molecule has 10 heteroatoms. The number of unbranched alkanes of at least 4 members (excludes halogenated alkanes) is 15. The summed E-state index contributed by atoms with van der Waals surface area (Å²) in [7, 11) is 0. The fraction of sp³-hybridized carbons (Fsp3) is 0.600. The van der Waals surface area contributed by atoms with E-state index in [-0.39, 0.29) is 18.0 Å². The van der Waals surface area contributed by atoms with Gasteiger partial charge in [0.05, 0.1) is 10.5 Å². The Labute approximate surface area is 299 Å². The molecule has 50 heavy (non-hydrogen) atoms. The summed E-state index contributed by atoms with van der Waals surface area (Å²) in [6, 6.07) is 11.4. The highest BCUT2D eigenvalue weighted by Gasteiger charge is 2.30. The number of anilines is 1. The summed E-state index contributed by atoms with van der Waals surface area (Å²) in [6.07, 6.45) is 23.1. The zero-order valence-electron chi connectivity index (χ0n) is 31.3. The highest BCUT2D eigenvalue weighted by molar-refractivity contribution is 5.53. The Morgan fingerprint density at radius 2 is 1.38 bits per heavy atom. The molecule has 0 saturated heterocycles. The van der Waals surface area contributed by atoms with Crippen molar-refractivity contribution in [2.45, 2.75) is 149 Å². The maximum Gasteiger partial charge on any atom is 0.296 e. The van der Waals surface area contributed by atoms with Gasteiger partial charge in [0.2, 0.25) is 6.41 Å². The predicted molar refractivity (Wildman–Crippen MR) is 203 cm³/mol. The summed E-state index contributed by atoms with van der Waals surface area (Å²) in [4.78, 5) is 34.1. The summed E-state index contributed by atoms with van der Waals surface area (Å²) in [5.41, 5.74) is 6.18. The van der Waals surface area contributed by atoms with E-state index in [1.54, 1.807) is 37.3 Å². The Kier molecular flexibility index (Phi) is 19.7. The SMILES string of the molecule is CCCCCCCCCCCCCCCCCCNC=O.Cc1ccc(-n2oc(C(C)(C)C)c(COc3ccc(N)cc3)c2=O)c([N+](=O)[O-])c1. The summed E-state index contributed by atoms with van der Waals surface area (Å²) in [5.74, 6) is 0.959. The van der Waals surface area contributed by atoms with Gasteiger partial charge in [0, 0.05) is 23.7 Å². The third-order valence-electron chi connectivity index (χ3n) is 8.65. The van der Waals surface area contributed by atoms with Crippen molar-refractivity contribution in [2.75, 3.05) is 12.3 Å². The second-order valence-corrected chi connectivity index (χ2v) is 14.2. The first kappa shape index (κ1) is 42.1. The number of carbonyl (C=O) groups is 1. The van der Waals surface area contributed by atoms with Gasteiger partial charge in [0.1, 0.15) is 12.4 Å². The number of benzene rings is 2. The van der Waals surface area contributed by atoms with E-state index in [0.717, 1.165) is 24.1 Å². The van der Waals surface area contributed by atoms with Crippen LogP contribution in [-0.4, -0.2) is 22.6 Å². The van der Waals surface area contributed by atoms with Gasteiger partial charge < -0.3 is 20.3 Å². The van der Waals surface area contributed by atoms with E-state index in [2.05, 4.69) is 12.2 Å². The number of aryl methyl sites for hydroxylation is 1. The molecule has 0 radical (unpaired) electrons. The highest BCUT2D eigenvalue weighted by atomic mass is 16.6. The molecule has 2 aromatic carbocycles. The topological polar surface area (TPSA) is 143 Å². The first-order valence-corrected chi connectivity index (χ1v) is 18.7. The fourth-order valence-corrected chi connectivity index (χ4v) is 5.79. The number of hydrogen-bond acceptors (Lipinski definition) is 7. The normalized spacial score (nSPS) is 11.1. The predicted octanol–water partition coefficient (Wildman–Crippen LogP) is 10.1. The lowest BCUT2D eigenvalue weighted by atomic mass is 9.91. The van der Waals surface area contributed by atoms with Gasteiger partial charge in [-0.25, -0.2) is 0 Å². The van der Waals surface area contributed by atoms with E-state index in [1.807, 2.05) is 20.8 Å². The smallest absolute Gasteiger partial charge is 0.296 e. The van der Waals surface area contributed by atoms with Gasteiger partial charge in [-0.3, -0.25) is 19.7 Å². The van der Waals surface area contributed by atoms with Crippen molar-refractivity contribution in [2.24, 2.45) is 0 Å². The summed E-state index contributed by atoms with van der Waals surface area (Å²) < 4.78 is 12.6. The summed E-state index contributed by atoms with van der Waals surface area (Å²) >= 11 is 0. The minimum atomic E-state index is -0.529. The van der Waals surface area contributed by atoms with Crippen molar-refractivity contribution in [3.8, 4) is 11.4 Å². The molecule has 278 valence electrons. The first-order valence-electron chi connectivity index (χ1n) is 18.7. The Balaban J connectivity index is 0.000000368. The molecule has 3 aromatic rings. The standard InChI is InChI=1S/C21H23N3O5.C19H39NO/c1-13-5-10-17(18(11-13)24(26)27)23-20(25)16(19(29-23)21(2,3)4)12-28-15-8-6-14(22)7-9-15;1-2-3-4-5-6-7-8-9-10-11-12-13-14-15-16-17-18-20-19-21/h5-11H,12,22H2,1-4H3;19H,2-18H2,1H3,(H,20,21). The van der Waals surface area contributed by atoms with Gasteiger partial charge in [-0.2, -0.15) is 0 Å². The molecule has 0 bridgehead atoms. The van der Waals surface area contributed by atoms with E-state index >= 15 is 0 Å². The number of aromatic nitrogens is 1. The molecule has 1 heterocycles. The average Bonchev–Trinajstić information content (AvgIpc) is 3.42. The average molecular weight is 695 g/mol. The van der Waals surface area contributed by atoms with Gasteiger partial charge in [-0.1, -0.05) is 130 Å². The lowest BCUT2D eigenvalue weighted by molar-refractivity contribution is -0.384. The molecule has 0 aliphatic heterocycles. The largest absolute Gasteiger partial charge is 0.489 e. The van der Waals surface area contributed by atoms with Crippen LogP contribution >= 0.6 is 0 Å². The Hall–Kier alpha value is -4.08. The van der Waals surface area contributed by atoms with Gasteiger partial charge in [0.15, 0.2) is 11.4 Å². The van der Waals surface area contributed by atoms with Crippen LogP contribution < -0.4 is 21.3 Å². The number of nitrogens with one attached hydrogen (secondary N) is 1. The van der Waals surface area contributed by atoms with Crippen LogP contribution in [0.1, 0.15) is 147 Å². The molecule has 10 nitrogen and oxygen atoms in total.